The standard InChI is InChI=1S/C14H13F2NOS/c15-10-3-4-11(16)14-13(10)12(5-6-18-14)17-8-9-2-1-7-19-9/h1-4,7,12,17H,5-6,8H2/t12-/m1/s1. The minimum Gasteiger partial charge on any atom is -0.490 e. The third kappa shape index (κ3) is 2.48. The van der Waals surface area contributed by atoms with Gasteiger partial charge in [-0.3, -0.25) is 0 Å². The zero-order valence-electron chi connectivity index (χ0n) is 10.2. The van der Waals surface area contributed by atoms with Crippen LogP contribution in [-0.4, -0.2) is 6.61 Å². The molecule has 1 aliphatic heterocycles. The summed E-state index contributed by atoms with van der Waals surface area (Å²) in [4.78, 5) is 1.17. The van der Waals surface area contributed by atoms with Crippen LogP contribution >= 0.6 is 11.3 Å². The summed E-state index contributed by atoms with van der Waals surface area (Å²) in [7, 11) is 0. The first kappa shape index (κ1) is 12.6. The highest BCUT2D eigenvalue weighted by Gasteiger charge is 2.27. The van der Waals surface area contributed by atoms with Gasteiger partial charge in [-0.25, -0.2) is 8.78 Å². The topological polar surface area (TPSA) is 21.3 Å². The quantitative estimate of drug-likeness (QED) is 0.927. The predicted octanol–water partition coefficient (Wildman–Crippen LogP) is 3.64. The largest absolute Gasteiger partial charge is 0.490 e. The van der Waals surface area contributed by atoms with Gasteiger partial charge in [-0.05, 0) is 23.6 Å². The van der Waals surface area contributed by atoms with Crippen molar-refractivity contribution in [1.82, 2.24) is 5.32 Å². The van der Waals surface area contributed by atoms with Crippen molar-refractivity contribution in [3.05, 3.63) is 51.7 Å². The predicted molar refractivity (Wildman–Crippen MR) is 70.4 cm³/mol. The van der Waals surface area contributed by atoms with Gasteiger partial charge >= 0.3 is 0 Å². The molecule has 5 heteroatoms. The van der Waals surface area contributed by atoms with Crippen molar-refractivity contribution in [3.63, 3.8) is 0 Å². The number of benzene rings is 1. The van der Waals surface area contributed by atoms with Crippen molar-refractivity contribution in [1.29, 1.82) is 0 Å². The van der Waals surface area contributed by atoms with E-state index in [0.29, 0.717) is 25.1 Å². The van der Waals surface area contributed by atoms with E-state index in [1.54, 1.807) is 11.3 Å². The third-order valence-electron chi connectivity index (χ3n) is 3.20. The summed E-state index contributed by atoms with van der Waals surface area (Å²) in [6.45, 7) is 1.05. The van der Waals surface area contributed by atoms with Crippen molar-refractivity contribution in [2.45, 2.75) is 19.0 Å². The molecule has 1 aromatic heterocycles. The van der Waals surface area contributed by atoms with Gasteiger partial charge in [0, 0.05) is 29.4 Å². The van der Waals surface area contributed by atoms with Gasteiger partial charge in [-0.1, -0.05) is 6.07 Å². The van der Waals surface area contributed by atoms with Crippen LogP contribution in [0, 0.1) is 11.6 Å². The van der Waals surface area contributed by atoms with Crippen LogP contribution in [0.2, 0.25) is 0 Å². The van der Waals surface area contributed by atoms with Gasteiger partial charge < -0.3 is 10.1 Å². The maximum absolute atomic E-state index is 13.9. The highest BCUT2D eigenvalue weighted by molar-refractivity contribution is 7.09. The zero-order chi connectivity index (χ0) is 13.2. The first-order valence-corrected chi connectivity index (χ1v) is 7.00. The van der Waals surface area contributed by atoms with Gasteiger partial charge in [0.15, 0.2) is 11.6 Å². The van der Waals surface area contributed by atoms with E-state index in [1.165, 1.54) is 4.88 Å². The maximum Gasteiger partial charge on any atom is 0.165 e. The highest BCUT2D eigenvalue weighted by atomic mass is 32.1. The SMILES string of the molecule is Fc1ccc(F)c2c1OCC[C@H]2NCc1cccs1. The molecule has 0 saturated heterocycles. The van der Waals surface area contributed by atoms with E-state index in [0.717, 1.165) is 12.1 Å². The summed E-state index contributed by atoms with van der Waals surface area (Å²) < 4.78 is 32.8. The van der Waals surface area contributed by atoms with Gasteiger partial charge in [0.2, 0.25) is 0 Å². The molecule has 0 amide bonds. The summed E-state index contributed by atoms with van der Waals surface area (Å²) in [5.41, 5.74) is 0.308. The molecule has 1 atom stereocenters. The number of thiophene rings is 1. The molecule has 0 unspecified atom stereocenters. The van der Waals surface area contributed by atoms with Crippen LogP contribution in [-0.2, 0) is 6.54 Å². The van der Waals surface area contributed by atoms with Crippen LogP contribution in [0.25, 0.3) is 0 Å². The number of nitrogens with one attached hydrogen (secondary N) is 1. The van der Waals surface area contributed by atoms with Crippen molar-refractivity contribution in [2.75, 3.05) is 6.61 Å². The van der Waals surface area contributed by atoms with Crippen LogP contribution in [0.1, 0.15) is 22.9 Å². The summed E-state index contributed by atoms with van der Waals surface area (Å²) >= 11 is 1.64. The van der Waals surface area contributed by atoms with E-state index >= 15 is 0 Å². The molecule has 0 bridgehead atoms. The Bertz CT molecular complexity index is 571. The van der Waals surface area contributed by atoms with Gasteiger partial charge in [-0.15, -0.1) is 11.3 Å². The number of hydrogen-bond acceptors (Lipinski definition) is 3. The Morgan fingerprint density at radius 2 is 2.11 bits per heavy atom. The molecule has 0 fully saturated rings. The summed E-state index contributed by atoms with van der Waals surface area (Å²) in [5, 5.41) is 5.27. The number of fused-ring (bicyclic) bond motifs is 1. The number of ether oxygens (including phenoxy) is 1. The highest BCUT2D eigenvalue weighted by Crippen LogP contribution is 2.36. The molecule has 0 saturated carbocycles. The monoisotopic (exact) mass is 281 g/mol. The molecule has 2 nitrogen and oxygen atoms in total. The number of halogens is 2. The molecule has 2 heterocycles. The van der Waals surface area contributed by atoms with E-state index in [2.05, 4.69) is 5.32 Å². The zero-order valence-corrected chi connectivity index (χ0v) is 11.0. The Morgan fingerprint density at radius 3 is 2.89 bits per heavy atom. The molecule has 0 aliphatic carbocycles. The average molecular weight is 281 g/mol. The lowest BCUT2D eigenvalue weighted by Crippen LogP contribution is -2.28. The Morgan fingerprint density at radius 1 is 1.26 bits per heavy atom. The third-order valence-corrected chi connectivity index (χ3v) is 4.08. The fourth-order valence-electron chi connectivity index (χ4n) is 2.28. The van der Waals surface area contributed by atoms with Crippen LogP contribution in [0.15, 0.2) is 29.6 Å². The second kappa shape index (κ2) is 5.27. The molecule has 19 heavy (non-hydrogen) atoms. The normalized spacial score (nSPS) is 17.9. The fraction of sp³-hybridized carbons (Fsp3) is 0.286. The lowest BCUT2D eigenvalue weighted by Gasteiger charge is -2.27. The summed E-state index contributed by atoms with van der Waals surface area (Å²) in [5.74, 6) is -0.867. The van der Waals surface area contributed by atoms with Crippen molar-refractivity contribution < 1.29 is 13.5 Å². The van der Waals surface area contributed by atoms with E-state index in [9.17, 15) is 8.78 Å². The van der Waals surface area contributed by atoms with Gasteiger partial charge in [-0.2, -0.15) is 0 Å². The Labute approximate surface area is 114 Å². The van der Waals surface area contributed by atoms with Gasteiger partial charge in [0.25, 0.3) is 0 Å². The molecule has 3 rings (SSSR count). The average Bonchev–Trinajstić information content (AvgIpc) is 2.94. The van der Waals surface area contributed by atoms with Crippen LogP contribution < -0.4 is 10.1 Å². The van der Waals surface area contributed by atoms with E-state index in [-0.39, 0.29) is 11.8 Å². The first-order chi connectivity index (χ1) is 9.25. The van der Waals surface area contributed by atoms with Gasteiger partial charge in [0.05, 0.1) is 6.61 Å². The molecule has 1 aliphatic rings. The lowest BCUT2D eigenvalue weighted by molar-refractivity contribution is 0.235. The molecule has 100 valence electrons. The Balaban J connectivity index is 1.84. The number of hydrogen-bond donors (Lipinski definition) is 1. The summed E-state index contributed by atoms with van der Waals surface area (Å²) in [6, 6.07) is 6.04. The molecule has 1 aromatic carbocycles. The molecule has 1 N–H and O–H groups in total. The lowest BCUT2D eigenvalue weighted by atomic mass is 9.99. The van der Waals surface area contributed by atoms with Crippen molar-refractivity contribution in [2.24, 2.45) is 0 Å². The molecule has 0 radical (unpaired) electrons. The molecule has 0 spiro atoms. The Hall–Kier alpha value is -1.46. The minimum absolute atomic E-state index is 0.0509. The van der Waals surface area contributed by atoms with E-state index < -0.39 is 11.6 Å². The summed E-state index contributed by atoms with van der Waals surface area (Å²) in [6.07, 6.45) is 0.638. The second-order valence-corrected chi connectivity index (χ2v) is 5.45. The first-order valence-electron chi connectivity index (χ1n) is 6.12. The van der Waals surface area contributed by atoms with Crippen molar-refractivity contribution in [3.8, 4) is 5.75 Å². The molecular weight excluding hydrogens is 268 g/mol. The van der Waals surface area contributed by atoms with Crippen LogP contribution in [0.4, 0.5) is 8.78 Å². The van der Waals surface area contributed by atoms with E-state index in [1.807, 2.05) is 17.5 Å². The Kier molecular flexibility index (Phi) is 3.48. The smallest absolute Gasteiger partial charge is 0.165 e. The maximum atomic E-state index is 13.9. The minimum atomic E-state index is -0.501. The van der Waals surface area contributed by atoms with Crippen LogP contribution in [0.5, 0.6) is 5.75 Å². The second-order valence-electron chi connectivity index (χ2n) is 4.42. The fourth-order valence-corrected chi connectivity index (χ4v) is 2.94. The van der Waals surface area contributed by atoms with Gasteiger partial charge in [0.1, 0.15) is 5.82 Å². The molecule has 2 aromatic rings. The van der Waals surface area contributed by atoms with E-state index in [4.69, 9.17) is 4.74 Å². The molecular formula is C14H13F2NOS. The number of rotatable bonds is 3. The van der Waals surface area contributed by atoms with Crippen molar-refractivity contribution >= 4 is 11.3 Å². The van der Waals surface area contributed by atoms with Crippen LogP contribution in [0.3, 0.4) is 0 Å².